The fourth-order valence-corrected chi connectivity index (χ4v) is 1.52. The van der Waals surface area contributed by atoms with Crippen LogP contribution >= 0.6 is 0 Å². The molecule has 0 radical (unpaired) electrons. The Morgan fingerprint density at radius 1 is 1.18 bits per heavy atom. The van der Waals surface area contributed by atoms with E-state index in [-0.39, 0.29) is 6.42 Å². The Hall–Kier alpha value is -2.09. The average molecular weight is 236 g/mol. The third kappa shape index (κ3) is 2.36. The van der Waals surface area contributed by atoms with Crippen LogP contribution in [0.1, 0.15) is 11.3 Å². The molecule has 1 heterocycles. The van der Waals surface area contributed by atoms with E-state index in [1.54, 1.807) is 12.1 Å². The highest BCUT2D eigenvalue weighted by molar-refractivity contribution is 5.79. The standard InChI is InChI=1S/C12H7F3N2/c13-12(14,15)9-2-4-11-8(7-9)1-3-10(17-11)5-6-16/h1-4,7H,5H2. The molecular formula is C12H7F3N2. The summed E-state index contributed by atoms with van der Waals surface area (Å²) in [5.74, 6) is 0. The van der Waals surface area contributed by atoms with Gasteiger partial charge >= 0.3 is 6.18 Å². The summed E-state index contributed by atoms with van der Waals surface area (Å²) in [6.07, 6.45) is -4.20. The van der Waals surface area contributed by atoms with Crippen molar-refractivity contribution in [2.45, 2.75) is 12.6 Å². The lowest BCUT2D eigenvalue weighted by Gasteiger charge is -2.07. The first-order valence-corrected chi connectivity index (χ1v) is 4.84. The Morgan fingerprint density at radius 2 is 1.94 bits per heavy atom. The Kier molecular flexibility index (Phi) is 2.72. The minimum atomic E-state index is -4.35. The number of hydrogen-bond donors (Lipinski definition) is 0. The average Bonchev–Trinajstić information content (AvgIpc) is 2.27. The molecule has 0 aliphatic carbocycles. The molecule has 86 valence electrons. The lowest BCUT2D eigenvalue weighted by molar-refractivity contribution is -0.137. The molecule has 0 N–H and O–H groups in total. The number of halogens is 3. The second-order valence-corrected chi connectivity index (χ2v) is 3.54. The molecule has 1 aromatic carbocycles. The molecule has 17 heavy (non-hydrogen) atoms. The van der Waals surface area contributed by atoms with Crippen LogP contribution in [0.15, 0.2) is 30.3 Å². The number of nitriles is 1. The highest BCUT2D eigenvalue weighted by Crippen LogP contribution is 2.31. The van der Waals surface area contributed by atoms with Gasteiger partial charge in [0.2, 0.25) is 0 Å². The van der Waals surface area contributed by atoms with Crippen molar-refractivity contribution in [1.82, 2.24) is 4.98 Å². The largest absolute Gasteiger partial charge is 0.416 e. The van der Waals surface area contributed by atoms with Crippen molar-refractivity contribution >= 4 is 10.9 Å². The van der Waals surface area contributed by atoms with Crippen molar-refractivity contribution in [2.24, 2.45) is 0 Å². The first-order valence-electron chi connectivity index (χ1n) is 4.84. The summed E-state index contributed by atoms with van der Waals surface area (Å²) in [7, 11) is 0. The number of rotatable bonds is 1. The molecule has 0 atom stereocenters. The van der Waals surface area contributed by atoms with Gasteiger partial charge < -0.3 is 0 Å². The number of pyridine rings is 1. The van der Waals surface area contributed by atoms with Crippen LogP contribution in [0.4, 0.5) is 13.2 Å². The van der Waals surface area contributed by atoms with Gasteiger partial charge in [0.1, 0.15) is 0 Å². The number of nitrogens with zero attached hydrogens (tertiary/aromatic N) is 2. The van der Waals surface area contributed by atoms with Crippen molar-refractivity contribution in [2.75, 3.05) is 0 Å². The van der Waals surface area contributed by atoms with E-state index in [9.17, 15) is 13.2 Å². The zero-order chi connectivity index (χ0) is 12.5. The van der Waals surface area contributed by atoms with Gasteiger partial charge in [-0.2, -0.15) is 18.4 Å². The van der Waals surface area contributed by atoms with E-state index >= 15 is 0 Å². The molecular weight excluding hydrogens is 229 g/mol. The maximum absolute atomic E-state index is 12.5. The van der Waals surface area contributed by atoms with E-state index in [1.165, 1.54) is 6.07 Å². The van der Waals surface area contributed by atoms with Gasteiger partial charge in [0.05, 0.1) is 29.3 Å². The fourth-order valence-electron chi connectivity index (χ4n) is 1.52. The SMILES string of the molecule is N#CCc1ccc2cc(C(F)(F)F)ccc2n1. The lowest BCUT2D eigenvalue weighted by Crippen LogP contribution is -2.04. The molecule has 5 heteroatoms. The molecule has 2 aromatic rings. The van der Waals surface area contributed by atoms with Crippen molar-refractivity contribution in [1.29, 1.82) is 5.26 Å². The summed E-state index contributed by atoms with van der Waals surface area (Å²) in [6.45, 7) is 0. The Balaban J connectivity index is 2.51. The fraction of sp³-hybridized carbons (Fsp3) is 0.167. The van der Waals surface area contributed by atoms with Crippen LogP contribution in [-0.2, 0) is 12.6 Å². The monoisotopic (exact) mass is 236 g/mol. The second kappa shape index (κ2) is 4.06. The van der Waals surface area contributed by atoms with E-state index in [0.29, 0.717) is 16.6 Å². The quantitative estimate of drug-likeness (QED) is 0.761. The highest BCUT2D eigenvalue weighted by atomic mass is 19.4. The van der Waals surface area contributed by atoms with Crippen LogP contribution in [0.5, 0.6) is 0 Å². The number of alkyl halides is 3. The minimum absolute atomic E-state index is 0.150. The molecule has 0 amide bonds. The molecule has 0 spiro atoms. The Labute approximate surface area is 95.3 Å². The summed E-state index contributed by atoms with van der Waals surface area (Å²) in [5, 5.41) is 8.92. The van der Waals surface area contributed by atoms with E-state index in [1.807, 2.05) is 6.07 Å². The zero-order valence-corrected chi connectivity index (χ0v) is 8.62. The van der Waals surface area contributed by atoms with Crippen LogP contribution in [0.25, 0.3) is 10.9 Å². The van der Waals surface area contributed by atoms with Crippen LogP contribution in [0.2, 0.25) is 0 Å². The van der Waals surface area contributed by atoms with Crippen LogP contribution in [0, 0.1) is 11.3 Å². The molecule has 0 saturated heterocycles. The summed E-state index contributed by atoms with van der Waals surface area (Å²) in [4.78, 5) is 4.10. The van der Waals surface area contributed by atoms with Gasteiger partial charge in [-0.15, -0.1) is 0 Å². The summed E-state index contributed by atoms with van der Waals surface area (Å²) in [5.41, 5.74) is 0.324. The van der Waals surface area contributed by atoms with Gasteiger partial charge in [0.25, 0.3) is 0 Å². The van der Waals surface area contributed by atoms with Crippen LogP contribution in [0.3, 0.4) is 0 Å². The van der Waals surface area contributed by atoms with Crippen molar-refractivity contribution in [3.8, 4) is 6.07 Å². The molecule has 2 rings (SSSR count). The highest BCUT2D eigenvalue weighted by Gasteiger charge is 2.30. The molecule has 1 aromatic heterocycles. The first-order chi connectivity index (χ1) is 8.00. The molecule has 0 unspecified atom stereocenters. The van der Waals surface area contributed by atoms with Gasteiger partial charge in [-0.05, 0) is 24.3 Å². The predicted molar refractivity (Wildman–Crippen MR) is 56.1 cm³/mol. The van der Waals surface area contributed by atoms with E-state index in [0.717, 1.165) is 12.1 Å². The van der Waals surface area contributed by atoms with Gasteiger partial charge in [-0.25, -0.2) is 0 Å². The lowest BCUT2D eigenvalue weighted by atomic mass is 10.1. The molecule has 0 fully saturated rings. The van der Waals surface area contributed by atoms with E-state index in [4.69, 9.17) is 5.26 Å². The molecule has 2 nitrogen and oxygen atoms in total. The third-order valence-corrected chi connectivity index (χ3v) is 2.33. The summed E-state index contributed by atoms with van der Waals surface area (Å²) >= 11 is 0. The van der Waals surface area contributed by atoms with E-state index < -0.39 is 11.7 Å². The first kappa shape index (κ1) is 11.4. The maximum atomic E-state index is 12.5. The number of benzene rings is 1. The molecule has 0 aliphatic heterocycles. The summed E-state index contributed by atoms with van der Waals surface area (Å²) in [6, 6.07) is 8.41. The van der Waals surface area contributed by atoms with Crippen molar-refractivity contribution in [3.05, 3.63) is 41.6 Å². The summed E-state index contributed by atoms with van der Waals surface area (Å²) < 4.78 is 37.4. The van der Waals surface area contributed by atoms with Crippen molar-refractivity contribution < 1.29 is 13.2 Å². The number of aromatic nitrogens is 1. The Bertz CT molecular complexity index is 597. The maximum Gasteiger partial charge on any atom is 0.416 e. The smallest absolute Gasteiger partial charge is 0.252 e. The van der Waals surface area contributed by atoms with Gasteiger partial charge in [0.15, 0.2) is 0 Å². The van der Waals surface area contributed by atoms with Gasteiger partial charge in [0, 0.05) is 5.39 Å². The normalized spacial score (nSPS) is 11.4. The molecule has 0 bridgehead atoms. The van der Waals surface area contributed by atoms with Gasteiger partial charge in [-0.3, -0.25) is 4.98 Å². The third-order valence-electron chi connectivity index (χ3n) is 2.33. The predicted octanol–water partition coefficient (Wildman–Crippen LogP) is 3.32. The second-order valence-electron chi connectivity index (χ2n) is 3.54. The molecule has 0 aliphatic rings. The number of hydrogen-bond acceptors (Lipinski definition) is 2. The van der Waals surface area contributed by atoms with E-state index in [2.05, 4.69) is 4.98 Å². The Morgan fingerprint density at radius 3 is 2.59 bits per heavy atom. The zero-order valence-electron chi connectivity index (χ0n) is 8.62. The molecule has 0 saturated carbocycles. The number of fused-ring (bicyclic) bond motifs is 1. The minimum Gasteiger partial charge on any atom is -0.252 e. The van der Waals surface area contributed by atoms with Crippen LogP contribution in [-0.4, -0.2) is 4.98 Å². The topological polar surface area (TPSA) is 36.7 Å². The van der Waals surface area contributed by atoms with Crippen LogP contribution < -0.4 is 0 Å². The van der Waals surface area contributed by atoms with Crippen molar-refractivity contribution in [3.63, 3.8) is 0 Å². The van der Waals surface area contributed by atoms with Gasteiger partial charge in [-0.1, -0.05) is 6.07 Å².